The third kappa shape index (κ3) is 2.15. The summed E-state index contributed by atoms with van der Waals surface area (Å²) in [7, 11) is 0. The topological polar surface area (TPSA) is 40.5 Å². The minimum absolute atomic E-state index is 0.156. The van der Waals surface area contributed by atoms with E-state index < -0.39 is 0 Å². The fourth-order valence-electron chi connectivity index (χ4n) is 2.62. The summed E-state index contributed by atoms with van der Waals surface area (Å²) in [6, 6.07) is 0.330. The van der Waals surface area contributed by atoms with Crippen LogP contribution in [0.15, 0.2) is 0 Å². The van der Waals surface area contributed by atoms with Crippen LogP contribution in [-0.4, -0.2) is 41.0 Å². The van der Waals surface area contributed by atoms with Crippen molar-refractivity contribution in [2.75, 3.05) is 13.1 Å². The van der Waals surface area contributed by atoms with Crippen molar-refractivity contribution in [3.05, 3.63) is 0 Å². The zero-order chi connectivity index (χ0) is 9.97. The quantitative estimate of drug-likeness (QED) is 0.680. The van der Waals surface area contributed by atoms with E-state index in [0.29, 0.717) is 24.7 Å². The molecule has 80 valence electrons. The molecule has 3 heteroatoms. The summed E-state index contributed by atoms with van der Waals surface area (Å²) in [5, 5.41) is 9.86. The average Bonchev–Trinajstić information content (AvgIpc) is 2.20. The molecule has 1 N–H and O–H groups in total. The molecule has 0 aromatic carbocycles. The zero-order valence-corrected chi connectivity index (χ0v) is 8.61. The van der Waals surface area contributed by atoms with Gasteiger partial charge in [0.05, 0.1) is 6.10 Å². The molecule has 1 heterocycles. The largest absolute Gasteiger partial charge is 0.391 e. The zero-order valence-electron chi connectivity index (χ0n) is 8.61. The molecule has 0 unspecified atom stereocenters. The number of likely N-dealkylation sites (tertiary alicyclic amines) is 1. The van der Waals surface area contributed by atoms with Gasteiger partial charge in [0.25, 0.3) is 0 Å². The van der Waals surface area contributed by atoms with Crippen LogP contribution in [-0.2, 0) is 4.79 Å². The van der Waals surface area contributed by atoms with Crippen molar-refractivity contribution in [2.45, 2.75) is 50.7 Å². The highest BCUT2D eigenvalue weighted by atomic mass is 16.3. The van der Waals surface area contributed by atoms with Crippen LogP contribution in [0.4, 0.5) is 0 Å². The maximum Gasteiger partial charge on any atom is 0.135 e. The Morgan fingerprint density at radius 3 is 2.43 bits per heavy atom. The molecule has 14 heavy (non-hydrogen) atoms. The third-order valence-corrected chi connectivity index (χ3v) is 3.52. The molecule has 0 spiro atoms. The maximum absolute atomic E-state index is 11.1. The smallest absolute Gasteiger partial charge is 0.135 e. The number of hydrogen-bond donors (Lipinski definition) is 1. The van der Waals surface area contributed by atoms with Gasteiger partial charge in [-0.2, -0.15) is 0 Å². The number of piperidine rings is 1. The highest BCUT2D eigenvalue weighted by molar-refractivity contribution is 5.79. The fraction of sp³-hybridized carbons (Fsp3) is 0.909. The Morgan fingerprint density at radius 2 is 1.79 bits per heavy atom. The molecule has 2 aliphatic rings. The summed E-state index contributed by atoms with van der Waals surface area (Å²) in [5.41, 5.74) is 0. The van der Waals surface area contributed by atoms with Crippen molar-refractivity contribution in [3.8, 4) is 0 Å². The first-order valence-electron chi connectivity index (χ1n) is 5.71. The van der Waals surface area contributed by atoms with Gasteiger partial charge in [0, 0.05) is 32.0 Å². The molecule has 1 saturated carbocycles. The van der Waals surface area contributed by atoms with Gasteiger partial charge in [-0.3, -0.25) is 9.69 Å². The van der Waals surface area contributed by atoms with Crippen LogP contribution in [0.25, 0.3) is 0 Å². The molecular weight excluding hydrogens is 178 g/mol. The van der Waals surface area contributed by atoms with Crippen molar-refractivity contribution < 1.29 is 9.90 Å². The lowest BCUT2D eigenvalue weighted by Crippen LogP contribution is -2.48. The SMILES string of the molecule is O=C1CCN([C@@H]2CCCC[C@H]2O)CC1. The van der Waals surface area contributed by atoms with E-state index in [0.717, 1.165) is 32.4 Å². The summed E-state index contributed by atoms with van der Waals surface area (Å²) in [6.07, 6.45) is 5.64. The van der Waals surface area contributed by atoms with Gasteiger partial charge in [-0.15, -0.1) is 0 Å². The van der Waals surface area contributed by atoms with Crippen LogP contribution in [0.2, 0.25) is 0 Å². The second kappa shape index (κ2) is 4.41. The number of ketones is 1. The summed E-state index contributed by atoms with van der Waals surface area (Å²) in [5.74, 6) is 0.381. The fourth-order valence-corrected chi connectivity index (χ4v) is 2.62. The number of carbonyl (C=O) groups is 1. The predicted octanol–water partition coefficient (Wildman–Crippen LogP) is 0.955. The Kier molecular flexibility index (Phi) is 3.19. The summed E-state index contributed by atoms with van der Waals surface area (Å²) in [6.45, 7) is 1.72. The van der Waals surface area contributed by atoms with Crippen LogP contribution in [0.5, 0.6) is 0 Å². The molecule has 0 bridgehead atoms. The molecule has 0 aromatic rings. The first-order chi connectivity index (χ1) is 6.77. The summed E-state index contributed by atoms with van der Waals surface area (Å²) < 4.78 is 0. The number of hydrogen-bond acceptors (Lipinski definition) is 3. The van der Waals surface area contributed by atoms with Gasteiger partial charge in [0.2, 0.25) is 0 Å². The molecule has 1 aliphatic heterocycles. The van der Waals surface area contributed by atoms with Crippen molar-refractivity contribution >= 4 is 5.78 Å². The Labute approximate surface area is 85.1 Å². The highest BCUT2D eigenvalue weighted by Gasteiger charge is 2.30. The van der Waals surface area contributed by atoms with E-state index in [1.165, 1.54) is 6.42 Å². The van der Waals surface area contributed by atoms with Crippen molar-refractivity contribution in [1.82, 2.24) is 4.90 Å². The monoisotopic (exact) mass is 197 g/mol. The number of carbonyl (C=O) groups excluding carboxylic acids is 1. The maximum atomic E-state index is 11.1. The van der Waals surface area contributed by atoms with Gasteiger partial charge in [-0.05, 0) is 12.8 Å². The van der Waals surface area contributed by atoms with Gasteiger partial charge in [-0.25, -0.2) is 0 Å². The third-order valence-electron chi connectivity index (χ3n) is 3.52. The van der Waals surface area contributed by atoms with Gasteiger partial charge in [-0.1, -0.05) is 12.8 Å². The van der Waals surface area contributed by atoms with Gasteiger partial charge >= 0.3 is 0 Å². The second-order valence-corrected chi connectivity index (χ2v) is 4.49. The molecule has 2 fully saturated rings. The van der Waals surface area contributed by atoms with Crippen LogP contribution in [0.1, 0.15) is 38.5 Å². The molecule has 2 atom stereocenters. The van der Waals surface area contributed by atoms with E-state index in [1.807, 2.05) is 0 Å². The Balaban J connectivity index is 1.90. The molecule has 0 radical (unpaired) electrons. The molecule has 3 nitrogen and oxygen atoms in total. The predicted molar refractivity (Wildman–Crippen MR) is 54.1 cm³/mol. The summed E-state index contributed by atoms with van der Waals surface area (Å²) >= 11 is 0. The van der Waals surface area contributed by atoms with Crippen molar-refractivity contribution in [2.24, 2.45) is 0 Å². The molecule has 1 saturated heterocycles. The molecule has 2 rings (SSSR count). The molecule has 1 aliphatic carbocycles. The lowest BCUT2D eigenvalue weighted by molar-refractivity contribution is -0.122. The van der Waals surface area contributed by atoms with Crippen LogP contribution in [0.3, 0.4) is 0 Å². The highest BCUT2D eigenvalue weighted by Crippen LogP contribution is 2.24. The first-order valence-corrected chi connectivity index (χ1v) is 5.71. The van der Waals surface area contributed by atoms with Crippen LogP contribution in [0, 0.1) is 0 Å². The van der Waals surface area contributed by atoms with E-state index >= 15 is 0 Å². The molecular formula is C11H19NO2. The Hall–Kier alpha value is -0.410. The number of Topliss-reactive ketones (excluding diaryl/α,β-unsaturated/α-hetero) is 1. The number of aliphatic hydroxyl groups excluding tert-OH is 1. The van der Waals surface area contributed by atoms with Gasteiger partial charge in [0.15, 0.2) is 0 Å². The van der Waals surface area contributed by atoms with E-state index in [4.69, 9.17) is 0 Å². The van der Waals surface area contributed by atoms with Crippen LogP contribution < -0.4 is 0 Å². The van der Waals surface area contributed by atoms with E-state index in [9.17, 15) is 9.90 Å². The minimum Gasteiger partial charge on any atom is -0.391 e. The molecule has 0 aromatic heterocycles. The lowest BCUT2D eigenvalue weighted by Gasteiger charge is -2.39. The van der Waals surface area contributed by atoms with Crippen molar-refractivity contribution in [3.63, 3.8) is 0 Å². The van der Waals surface area contributed by atoms with Gasteiger partial charge in [0.1, 0.15) is 5.78 Å². The normalized spacial score (nSPS) is 35.9. The first kappa shape index (κ1) is 10.1. The number of rotatable bonds is 1. The Morgan fingerprint density at radius 1 is 1.14 bits per heavy atom. The van der Waals surface area contributed by atoms with E-state index in [1.54, 1.807) is 0 Å². The van der Waals surface area contributed by atoms with E-state index in [-0.39, 0.29) is 6.10 Å². The number of aliphatic hydroxyl groups is 1. The van der Waals surface area contributed by atoms with E-state index in [2.05, 4.69) is 4.90 Å². The average molecular weight is 197 g/mol. The lowest BCUT2D eigenvalue weighted by atomic mass is 9.90. The molecule has 0 amide bonds. The standard InChI is InChI=1S/C11H19NO2/c13-9-5-7-12(8-6-9)10-3-1-2-4-11(10)14/h10-11,14H,1-8H2/t10-,11-/m1/s1. The van der Waals surface area contributed by atoms with Gasteiger partial charge < -0.3 is 5.11 Å². The van der Waals surface area contributed by atoms with Crippen LogP contribution >= 0.6 is 0 Å². The van der Waals surface area contributed by atoms with Crippen molar-refractivity contribution in [1.29, 1.82) is 0 Å². The number of nitrogens with zero attached hydrogens (tertiary/aromatic N) is 1. The minimum atomic E-state index is -0.156. The second-order valence-electron chi connectivity index (χ2n) is 4.49. The Bertz CT molecular complexity index is 207. The summed E-state index contributed by atoms with van der Waals surface area (Å²) in [4.78, 5) is 13.4.